The Morgan fingerprint density at radius 2 is 2.08 bits per heavy atom. The van der Waals surface area contributed by atoms with E-state index in [9.17, 15) is 22.8 Å². The van der Waals surface area contributed by atoms with Crippen LogP contribution in [-0.4, -0.2) is 26.0 Å². The van der Waals surface area contributed by atoms with Gasteiger partial charge in [0, 0.05) is 24.0 Å². The van der Waals surface area contributed by atoms with E-state index in [1.54, 1.807) is 6.07 Å². The van der Waals surface area contributed by atoms with Crippen LogP contribution in [-0.2, 0) is 12.7 Å². The summed E-state index contributed by atoms with van der Waals surface area (Å²) in [5.41, 5.74) is -1.04. The van der Waals surface area contributed by atoms with Gasteiger partial charge >= 0.3 is 6.18 Å². The minimum Gasteiger partial charge on any atom is -0.343 e. The smallest absolute Gasteiger partial charge is 0.343 e. The molecule has 2 N–H and O–H groups in total. The summed E-state index contributed by atoms with van der Waals surface area (Å²) >= 11 is 0. The predicted molar refractivity (Wildman–Crippen MR) is 80.8 cm³/mol. The van der Waals surface area contributed by atoms with E-state index in [-0.39, 0.29) is 29.4 Å². The van der Waals surface area contributed by atoms with Crippen molar-refractivity contribution in [2.75, 3.05) is 0 Å². The number of carbonyl (C=O) groups is 1. The molecule has 3 heterocycles. The van der Waals surface area contributed by atoms with Crippen molar-refractivity contribution in [1.29, 1.82) is 0 Å². The van der Waals surface area contributed by atoms with Crippen molar-refractivity contribution >= 4 is 5.91 Å². The van der Waals surface area contributed by atoms with Crippen LogP contribution in [0.25, 0.3) is 11.4 Å². The highest BCUT2D eigenvalue weighted by Gasteiger charge is 2.32. The second-order valence-corrected chi connectivity index (χ2v) is 5.07. The third kappa shape index (κ3) is 3.94. The molecular weight excluding hydrogens is 355 g/mol. The lowest BCUT2D eigenvalue weighted by atomic mass is 10.2. The lowest BCUT2D eigenvalue weighted by Crippen LogP contribution is -2.23. The summed E-state index contributed by atoms with van der Waals surface area (Å²) in [4.78, 5) is 32.9. The summed E-state index contributed by atoms with van der Waals surface area (Å²) in [5.74, 6) is -0.424. The number of rotatable bonds is 4. The molecule has 0 bridgehead atoms. The van der Waals surface area contributed by atoms with E-state index < -0.39 is 17.8 Å². The van der Waals surface area contributed by atoms with Gasteiger partial charge in [-0.15, -0.1) is 0 Å². The summed E-state index contributed by atoms with van der Waals surface area (Å²) in [7, 11) is 0. The molecule has 0 aliphatic rings. The molecule has 0 aliphatic heterocycles. The van der Waals surface area contributed by atoms with Crippen LogP contribution in [0.1, 0.15) is 21.9 Å². The van der Waals surface area contributed by atoms with Crippen LogP contribution in [0.15, 0.2) is 46.0 Å². The van der Waals surface area contributed by atoms with E-state index >= 15 is 0 Å². The molecule has 134 valence electrons. The van der Waals surface area contributed by atoms with Crippen molar-refractivity contribution in [1.82, 2.24) is 25.4 Å². The maximum absolute atomic E-state index is 12.4. The Morgan fingerprint density at radius 1 is 1.27 bits per heavy atom. The van der Waals surface area contributed by atoms with Gasteiger partial charge in [-0.2, -0.15) is 18.2 Å². The summed E-state index contributed by atoms with van der Waals surface area (Å²) in [5, 5.41) is 6.11. The minimum absolute atomic E-state index is 0.0488. The third-order valence-corrected chi connectivity index (χ3v) is 3.22. The normalized spacial score (nSPS) is 11.3. The highest BCUT2D eigenvalue weighted by Crippen LogP contribution is 2.27. The van der Waals surface area contributed by atoms with E-state index in [1.807, 2.05) is 0 Å². The second kappa shape index (κ2) is 6.78. The van der Waals surface area contributed by atoms with Gasteiger partial charge in [-0.25, -0.2) is 0 Å². The lowest BCUT2D eigenvalue weighted by molar-refractivity contribution is -0.141. The number of H-pyrrole nitrogens is 1. The maximum atomic E-state index is 12.4. The number of hydrogen-bond acceptors (Lipinski definition) is 6. The number of aromatic nitrogens is 4. The number of amides is 1. The minimum atomic E-state index is -4.58. The molecule has 0 aromatic carbocycles. The molecule has 11 heteroatoms. The molecule has 3 rings (SSSR count). The molecule has 8 nitrogen and oxygen atoms in total. The third-order valence-electron chi connectivity index (χ3n) is 3.22. The van der Waals surface area contributed by atoms with Crippen molar-refractivity contribution in [2.45, 2.75) is 12.7 Å². The molecule has 3 aromatic heterocycles. The Labute approximate surface area is 143 Å². The number of aromatic amines is 1. The van der Waals surface area contributed by atoms with Crippen LogP contribution in [0, 0.1) is 0 Å². The molecule has 1 amide bonds. The van der Waals surface area contributed by atoms with Crippen LogP contribution in [0.4, 0.5) is 13.2 Å². The van der Waals surface area contributed by atoms with Gasteiger partial charge in [0.05, 0.1) is 12.1 Å². The first-order chi connectivity index (χ1) is 12.3. The van der Waals surface area contributed by atoms with Crippen molar-refractivity contribution in [3.05, 3.63) is 64.2 Å². The molecule has 0 atom stereocenters. The Morgan fingerprint density at radius 3 is 2.73 bits per heavy atom. The van der Waals surface area contributed by atoms with E-state index in [1.165, 1.54) is 12.3 Å². The zero-order chi connectivity index (χ0) is 18.7. The highest BCUT2D eigenvalue weighted by atomic mass is 19.4. The van der Waals surface area contributed by atoms with Crippen LogP contribution in [0.5, 0.6) is 0 Å². The van der Waals surface area contributed by atoms with Crippen LogP contribution < -0.4 is 10.9 Å². The molecule has 0 radical (unpaired) electrons. The Hall–Kier alpha value is -3.50. The van der Waals surface area contributed by atoms with Gasteiger partial charge in [0.2, 0.25) is 17.3 Å². The number of halogens is 3. The number of hydrogen-bond donors (Lipinski definition) is 2. The molecule has 0 saturated heterocycles. The molecule has 0 spiro atoms. The first kappa shape index (κ1) is 17.3. The van der Waals surface area contributed by atoms with Gasteiger partial charge in [-0.05, 0) is 18.2 Å². The van der Waals surface area contributed by atoms with Crippen molar-refractivity contribution in [2.24, 2.45) is 0 Å². The number of carbonyl (C=O) groups excluding carboxylic acids is 1. The number of alkyl halides is 3. The van der Waals surface area contributed by atoms with Gasteiger partial charge in [0.25, 0.3) is 5.91 Å². The lowest BCUT2D eigenvalue weighted by Gasteiger charge is -2.06. The van der Waals surface area contributed by atoms with Crippen LogP contribution in [0.3, 0.4) is 0 Å². The molecule has 0 unspecified atom stereocenters. The van der Waals surface area contributed by atoms with Gasteiger partial charge in [0.1, 0.15) is 5.69 Å². The van der Waals surface area contributed by atoms with Crippen LogP contribution in [0.2, 0.25) is 0 Å². The second-order valence-electron chi connectivity index (χ2n) is 5.07. The van der Waals surface area contributed by atoms with E-state index in [0.717, 1.165) is 12.3 Å². The number of pyridine rings is 2. The Kier molecular flexibility index (Phi) is 4.52. The average Bonchev–Trinajstić information content (AvgIpc) is 3.08. The van der Waals surface area contributed by atoms with Crippen LogP contribution >= 0.6 is 0 Å². The standard InChI is InChI=1S/C15H10F3N5O3/c16-15(17,18)10-2-1-9(6-20-10)14(25)21-7-12-22-13(23-26-12)8-3-4-19-11(24)5-8/h1-6H,7H2,(H,19,24)(H,21,25). The molecular formula is C15H10F3N5O3. The van der Waals surface area contributed by atoms with E-state index in [0.29, 0.717) is 11.6 Å². The van der Waals surface area contributed by atoms with E-state index in [4.69, 9.17) is 4.52 Å². The zero-order valence-corrected chi connectivity index (χ0v) is 12.9. The molecule has 0 aliphatic carbocycles. The SMILES string of the molecule is O=C(NCc1nc(-c2cc[nH]c(=O)c2)no1)c1ccc(C(F)(F)F)nc1. The van der Waals surface area contributed by atoms with Gasteiger partial charge in [-0.3, -0.25) is 14.6 Å². The molecule has 3 aromatic rings. The topological polar surface area (TPSA) is 114 Å². The fourth-order valence-electron chi connectivity index (χ4n) is 1.98. The van der Waals surface area contributed by atoms with Crippen molar-refractivity contribution in [3.8, 4) is 11.4 Å². The molecule has 26 heavy (non-hydrogen) atoms. The first-order valence-electron chi connectivity index (χ1n) is 7.16. The van der Waals surface area contributed by atoms with Gasteiger partial charge in [0.15, 0.2) is 0 Å². The molecule has 0 saturated carbocycles. The number of nitrogens with zero attached hydrogens (tertiary/aromatic N) is 3. The number of nitrogens with one attached hydrogen (secondary N) is 2. The summed E-state index contributed by atoms with van der Waals surface area (Å²) in [6.07, 6.45) is -2.32. The predicted octanol–water partition coefficient (Wildman–Crippen LogP) is 1.77. The van der Waals surface area contributed by atoms with Crippen molar-refractivity contribution in [3.63, 3.8) is 0 Å². The Balaban J connectivity index is 1.64. The summed E-state index contributed by atoms with van der Waals surface area (Å²) in [6.45, 7) is -0.143. The average molecular weight is 365 g/mol. The summed E-state index contributed by atoms with van der Waals surface area (Å²) in [6, 6.07) is 4.58. The molecule has 0 fully saturated rings. The van der Waals surface area contributed by atoms with Gasteiger partial charge in [-0.1, -0.05) is 5.16 Å². The van der Waals surface area contributed by atoms with E-state index in [2.05, 4.69) is 25.4 Å². The fraction of sp³-hybridized carbons (Fsp3) is 0.133. The highest BCUT2D eigenvalue weighted by molar-refractivity contribution is 5.93. The largest absolute Gasteiger partial charge is 0.433 e. The first-order valence-corrected chi connectivity index (χ1v) is 7.16. The fourth-order valence-corrected chi connectivity index (χ4v) is 1.98. The van der Waals surface area contributed by atoms with Crippen molar-refractivity contribution < 1.29 is 22.5 Å². The quantitative estimate of drug-likeness (QED) is 0.728. The summed E-state index contributed by atoms with van der Waals surface area (Å²) < 4.78 is 42.3. The monoisotopic (exact) mass is 365 g/mol. The Bertz CT molecular complexity index is 979. The maximum Gasteiger partial charge on any atom is 0.433 e. The van der Waals surface area contributed by atoms with Gasteiger partial charge < -0.3 is 14.8 Å². The zero-order valence-electron chi connectivity index (χ0n) is 12.9.